The first-order chi connectivity index (χ1) is 14.8. The standard InChI is InChI=1S/C23H28N4O2S/c28-21(12-6-13-22-25-23(26-29-22)20-11-7-15-30-20)24-16-19-10-4-5-14-27(19)17-18-8-2-1-3-9-18/h1-3,7-9,11,15,19H,4-6,10,12-14,16-17H2,(H,24,28). The highest BCUT2D eigenvalue weighted by molar-refractivity contribution is 7.13. The minimum Gasteiger partial charge on any atom is -0.355 e. The van der Waals surface area contributed by atoms with Gasteiger partial charge in [0.05, 0.1) is 4.88 Å². The minimum atomic E-state index is 0.0956. The molecule has 1 aromatic carbocycles. The Morgan fingerprint density at radius 3 is 2.93 bits per heavy atom. The number of hydrogen-bond donors (Lipinski definition) is 1. The number of nitrogens with one attached hydrogen (secondary N) is 1. The number of nitrogens with zero attached hydrogens (tertiary/aromatic N) is 3. The van der Waals surface area contributed by atoms with E-state index in [0.717, 1.165) is 30.9 Å². The Kier molecular flexibility index (Phi) is 7.26. The lowest BCUT2D eigenvalue weighted by Gasteiger charge is -2.36. The molecule has 1 N–H and O–H groups in total. The van der Waals surface area contributed by atoms with E-state index in [1.165, 1.54) is 18.4 Å². The van der Waals surface area contributed by atoms with E-state index in [1.807, 2.05) is 17.5 Å². The lowest BCUT2D eigenvalue weighted by atomic mass is 10.0. The Morgan fingerprint density at radius 1 is 1.20 bits per heavy atom. The van der Waals surface area contributed by atoms with Crippen molar-refractivity contribution >= 4 is 17.2 Å². The molecule has 2 aromatic heterocycles. The molecule has 0 radical (unpaired) electrons. The molecular formula is C23H28N4O2S. The predicted molar refractivity (Wildman–Crippen MR) is 118 cm³/mol. The number of rotatable bonds is 9. The van der Waals surface area contributed by atoms with Gasteiger partial charge in [0.1, 0.15) is 0 Å². The van der Waals surface area contributed by atoms with Crippen LogP contribution in [0.5, 0.6) is 0 Å². The molecule has 0 bridgehead atoms. The molecule has 0 spiro atoms. The third-order valence-corrected chi connectivity index (χ3v) is 6.38. The summed E-state index contributed by atoms with van der Waals surface area (Å²) >= 11 is 1.59. The van der Waals surface area contributed by atoms with Gasteiger partial charge in [0.25, 0.3) is 0 Å². The number of aromatic nitrogens is 2. The van der Waals surface area contributed by atoms with Crippen molar-refractivity contribution < 1.29 is 9.32 Å². The van der Waals surface area contributed by atoms with Crippen LogP contribution in [0.1, 0.15) is 43.6 Å². The first kappa shape index (κ1) is 20.8. The second-order valence-corrected chi connectivity index (χ2v) is 8.70. The molecule has 1 saturated heterocycles. The maximum Gasteiger partial charge on any atom is 0.226 e. The van der Waals surface area contributed by atoms with Crippen molar-refractivity contribution in [1.82, 2.24) is 20.4 Å². The van der Waals surface area contributed by atoms with E-state index in [9.17, 15) is 4.79 Å². The van der Waals surface area contributed by atoms with Crippen molar-refractivity contribution in [2.45, 2.75) is 51.1 Å². The van der Waals surface area contributed by atoms with Crippen LogP contribution in [0.4, 0.5) is 0 Å². The molecule has 30 heavy (non-hydrogen) atoms. The van der Waals surface area contributed by atoms with Gasteiger partial charge < -0.3 is 9.84 Å². The van der Waals surface area contributed by atoms with Crippen LogP contribution in [0, 0.1) is 0 Å². The van der Waals surface area contributed by atoms with E-state index in [2.05, 4.69) is 50.7 Å². The quantitative estimate of drug-likeness (QED) is 0.555. The fourth-order valence-electron chi connectivity index (χ4n) is 3.90. The van der Waals surface area contributed by atoms with Crippen molar-refractivity contribution in [3.8, 4) is 10.7 Å². The van der Waals surface area contributed by atoms with Gasteiger partial charge in [0.2, 0.25) is 17.6 Å². The molecule has 3 heterocycles. The van der Waals surface area contributed by atoms with Gasteiger partial charge in [0.15, 0.2) is 0 Å². The zero-order chi connectivity index (χ0) is 20.6. The third-order valence-electron chi connectivity index (χ3n) is 5.52. The molecule has 4 rings (SSSR count). The molecule has 1 amide bonds. The molecule has 0 saturated carbocycles. The van der Waals surface area contributed by atoms with Gasteiger partial charge in [-0.2, -0.15) is 4.98 Å². The molecule has 1 atom stereocenters. The van der Waals surface area contributed by atoms with E-state index < -0.39 is 0 Å². The molecule has 158 valence electrons. The fourth-order valence-corrected chi connectivity index (χ4v) is 4.55. The predicted octanol–water partition coefficient (Wildman–Crippen LogP) is 4.29. The summed E-state index contributed by atoms with van der Waals surface area (Å²) in [5.41, 5.74) is 1.33. The molecule has 1 aliphatic heterocycles. The summed E-state index contributed by atoms with van der Waals surface area (Å²) in [5.74, 6) is 1.31. The fraction of sp³-hybridized carbons (Fsp3) is 0.435. The number of benzene rings is 1. The highest BCUT2D eigenvalue weighted by Crippen LogP contribution is 2.22. The summed E-state index contributed by atoms with van der Waals surface area (Å²) in [7, 11) is 0. The highest BCUT2D eigenvalue weighted by Gasteiger charge is 2.22. The summed E-state index contributed by atoms with van der Waals surface area (Å²) in [5, 5.41) is 9.14. The van der Waals surface area contributed by atoms with Gasteiger partial charge in [0, 0.05) is 32.0 Å². The molecule has 1 unspecified atom stereocenters. The molecule has 3 aromatic rings. The number of carbonyl (C=O) groups is 1. The molecule has 7 heteroatoms. The smallest absolute Gasteiger partial charge is 0.226 e. The van der Waals surface area contributed by atoms with Gasteiger partial charge in [-0.05, 0) is 42.8 Å². The monoisotopic (exact) mass is 424 g/mol. The van der Waals surface area contributed by atoms with Crippen LogP contribution in [0.15, 0.2) is 52.4 Å². The number of piperidine rings is 1. The van der Waals surface area contributed by atoms with Crippen LogP contribution < -0.4 is 5.32 Å². The van der Waals surface area contributed by atoms with Crippen LogP contribution in [-0.4, -0.2) is 40.1 Å². The highest BCUT2D eigenvalue weighted by atomic mass is 32.1. The van der Waals surface area contributed by atoms with Crippen molar-refractivity contribution in [2.75, 3.05) is 13.1 Å². The Bertz CT molecular complexity index is 910. The van der Waals surface area contributed by atoms with Crippen molar-refractivity contribution in [3.63, 3.8) is 0 Å². The maximum absolute atomic E-state index is 12.3. The Labute approximate surface area is 181 Å². The Hall–Kier alpha value is -2.51. The molecule has 0 aliphatic carbocycles. The topological polar surface area (TPSA) is 71.3 Å². The van der Waals surface area contributed by atoms with Gasteiger partial charge in [-0.3, -0.25) is 9.69 Å². The van der Waals surface area contributed by atoms with Crippen LogP contribution in [0.2, 0.25) is 0 Å². The average Bonchev–Trinajstić information content (AvgIpc) is 3.46. The SMILES string of the molecule is O=C(CCCc1nc(-c2cccs2)no1)NCC1CCCCN1Cc1ccccc1. The Balaban J connectivity index is 1.19. The van der Waals surface area contributed by atoms with Crippen molar-refractivity contribution in [3.05, 3.63) is 59.3 Å². The molecule has 1 aliphatic rings. The second-order valence-electron chi connectivity index (χ2n) is 7.75. The van der Waals surface area contributed by atoms with Crippen LogP contribution in [0.3, 0.4) is 0 Å². The maximum atomic E-state index is 12.3. The summed E-state index contributed by atoms with van der Waals surface area (Å²) in [6.07, 6.45) is 5.40. The molecular weight excluding hydrogens is 396 g/mol. The largest absolute Gasteiger partial charge is 0.355 e. The average molecular weight is 425 g/mol. The summed E-state index contributed by atoms with van der Waals surface area (Å²) < 4.78 is 5.30. The second kappa shape index (κ2) is 10.5. The summed E-state index contributed by atoms with van der Waals surface area (Å²) in [6, 6.07) is 14.9. The number of thiophene rings is 1. The van der Waals surface area contributed by atoms with E-state index in [0.29, 0.717) is 37.0 Å². The zero-order valence-corrected chi connectivity index (χ0v) is 17.9. The summed E-state index contributed by atoms with van der Waals surface area (Å²) in [6.45, 7) is 2.76. The number of carbonyl (C=O) groups excluding carboxylic acids is 1. The van der Waals surface area contributed by atoms with Gasteiger partial charge in [-0.25, -0.2) is 0 Å². The van der Waals surface area contributed by atoms with E-state index in [1.54, 1.807) is 11.3 Å². The van der Waals surface area contributed by atoms with Crippen LogP contribution >= 0.6 is 11.3 Å². The van der Waals surface area contributed by atoms with Gasteiger partial charge in [-0.1, -0.05) is 48.0 Å². The van der Waals surface area contributed by atoms with E-state index >= 15 is 0 Å². The van der Waals surface area contributed by atoms with Gasteiger partial charge in [-0.15, -0.1) is 11.3 Å². The van der Waals surface area contributed by atoms with Crippen molar-refractivity contribution in [2.24, 2.45) is 0 Å². The first-order valence-corrected chi connectivity index (χ1v) is 11.6. The van der Waals surface area contributed by atoms with Crippen molar-refractivity contribution in [1.29, 1.82) is 0 Å². The zero-order valence-electron chi connectivity index (χ0n) is 17.1. The first-order valence-electron chi connectivity index (χ1n) is 10.7. The van der Waals surface area contributed by atoms with Crippen LogP contribution in [-0.2, 0) is 17.8 Å². The summed E-state index contributed by atoms with van der Waals surface area (Å²) in [4.78, 5) is 20.3. The number of likely N-dealkylation sites (tertiary alicyclic amines) is 1. The number of hydrogen-bond acceptors (Lipinski definition) is 6. The van der Waals surface area contributed by atoms with E-state index in [4.69, 9.17) is 4.52 Å². The van der Waals surface area contributed by atoms with E-state index in [-0.39, 0.29) is 5.91 Å². The third kappa shape index (κ3) is 5.77. The lowest BCUT2D eigenvalue weighted by molar-refractivity contribution is -0.121. The lowest BCUT2D eigenvalue weighted by Crippen LogP contribution is -2.46. The minimum absolute atomic E-state index is 0.0956. The van der Waals surface area contributed by atoms with Crippen LogP contribution in [0.25, 0.3) is 10.7 Å². The normalized spacial score (nSPS) is 17.1. The molecule has 6 nitrogen and oxygen atoms in total. The number of amides is 1. The number of aryl methyl sites for hydroxylation is 1. The van der Waals surface area contributed by atoms with Gasteiger partial charge >= 0.3 is 0 Å². The molecule has 1 fully saturated rings. The Morgan fingerprint density at radius 2 is 2.10 bits per heavy atom.